The van der Waals surface area contributed by atoms with Gasteiger partial charge in [0.15, 0.2) is 0 Å². The van der Waals surface area contributed by atoms with E-state index in [4.69, 9.17) is 0 Å². The second-order valence-corrected chi connectivity index (χ2v) is 8.01. The summed E-state index contributed by atoms with van der Waals surface area (Å²) in [7, 11) is 0. The molecule has 1 N–H and O–H groups in total. The van der Waals surface area contributed by atoms with E-state index in [0.29, 0.717) is 0 Å². The van der Waals surface area contributed by atoms with Gasteiger partial charge in [0.2, 0.25) is 5.91 Å². The Morgan fingerprint density at radius 1 is 1.00 bits per heavy atom. The molecular weight excluding hydrogens is 358 g/mol. The summed E-state index contributed by atoms with van der Waals surface area (Å²) in [5, 5.41) is 2.83. The second-order valence-electron chi connectivity index (χ2n) is 8.01. The van der Waals surface area contributed by atoms with Crippen LogP contribution in [-0.4, -0.2) is 46.6 Å². The van der Waals surface area contributed by atoms with E-state index >= 15 is 0 Å². The Balaban J connectivity index is 1.63. The van der Waals surface area contributed by atoms with Gasteiger partial charge in [-0.1, -0.05) is 32.0 Å². The van der Waals surface area contributed by atoms with Crippen LogP contribution in [0, 0.1) is 5.92 Å². The predicted octanol–water partition coefficient (Wildman–Crippen LogP) is 2.19. The lowest BCUT2D eigenvalue weighted by atomic mass is 9.89. The molecule has 150 valence electrons. The normalized spacial score (nSPS) is 17.9. The zero-order chi connectivity index (χ0) is 20.4. The van der Waals surface area contributed by atoms with Crippen LogP contribution in [0.25, 0.3) is 0 Å². The average molecular weight is 385 g/mol. The zero-order valence-corrected chi connectivity index (χ0v) is 16.7. The van der Waals surface area contributed by atoms with Gasteiger partial charge < -0.3 is 5.32 Å². The first-order chi connectivity index (χ1) is 13.3. The topological polar surface area (TPSA) is 86.8 Å². The molecule has 1 fully saturated rings. The number of carbonyl (C=O) groups excluding carboxylic acids is 4. The van der Waals surface area contributed by atoms with E-state index in [0.717, 1.165) is 28.2 Å². The van der Waals surface area contributed by atoms with Crippen LogP contribution in [0.5, 0.6) is 0 Å². The first kappa shape index (κ1) is 20.0. The standard InChI is InChI=1S/C21H27N3O4/c1-13(2)11-23-19(26)20(27)24(21(23)28)12-18(25)22-14(3)16-9-8-15-6-4-5-7-17(15)10-16/h8-10,13-14H,4-7,11-12H2,1-3H3,(H,22,25)/t14-/m1/s1. The molecule has 0 spiro atoms. The zero-order valence-electron chi connectivity index (χ0n) is 16.7. The maximum absolute atomic E-state index is 12.4. The van der Waals surface area contributed by atoms with Gasteiger partial charge in [0.1, 0.15) is 6.54 Å². The van der Waals surface area contributed by atoms with Gasteiger partial charge in [0.05, 0.1) is 6.04 Å². The largest absolute Gasteiger partial charge is 0.348 e. The van der Waals surface area contributed by atoms with Crippen LogP contribution in [0.15, 0.2) is 18.2 Å². The van der Waals surface area contributed by atoms with Crippen LogP contribution in [0.2, 0.25) is 0 Å². The van der Waals surface area contributed by atoms with Crippen molar-refractivity contribution in [1.82, 2.24) is 15.1 Å². The van der Waals surface area contributed by atoms with E-state index in [1.54, 1.807) is 0 Å². The fourth-order valence-corrected chi connectivity index (χ4v) is 3.75. The maximum atomic E-state index is 12.4. The third-order valence-corrected chi connectivity index (χ3v) is 5.23. The van der Waals surface area contributed by atoms with E-state index in [-0.39, 0.29) is 18.5 Å². The Morgan fingerprint density at radius 2 is 1.64 bits per heavy atom. The molecule has 0 bridgehead atoms. The molecule has 1 atom stereocenters. The summed E-state index contributed by atoms with van der Waals surface area (Å²) in [5.41, 5.74) is 3.68. The lowest BCUT2D eigenvalue weighted by Crippen LogP contribution is -2.42. The van der Waals surface area contributed by atoms with E-state index in [9.17, 15) is 19.2 Å². The van der Waals surface area contributed by atoms with Gasteiger partial charge in [-0.05, 0) is 55.2 Å². The number of amides is 5. The van der Waals surface area contributed by atoms with Crippen molar-refractivity contribution in [1.29, 1.82) is 0 Å². The molecule has 0 saturated carbocycles. The Morgan fingerprint density at radius 3 is 2.32 bits per heavy atom. The Kier molecular flexibility index (Phi) is 5.82. The lowest BCUT2D eigenvalue weighted by Gasteiger charge is -2.21. The smallest absolute Gasteiger partial charge is 0.334 e. The highest BCUT2D eigenvalue weighted by molar-refractivity contribution is 6.45. The number of fused-ring (bicyclic) bond motifs is 1. The van der Waals surface area contributed by atoms with Crippen LogP contribution in [-0.2, 0) is 27.2 Å². The molecule has 1 aliphatic heterocycles. The van der Waals surface area contributed by atoms with Crippen molar-refractivity contribution in [2.45, 2.75) is 52.5 Å². The monoisotopic (exact) mass is 385 g/mol. The van der Waals surface area contributed by atoms with Gasteiger partial charge in [-0.2, -0.15) is 0 Å². The van der Waals surface area contributed by atoms with Crippen LogP contribution in [0.3, 0.4) is 0 Å². The number of carbonyl (C=O) groups is 4. The molecule has 5 amide bonds. The number of aryl methyl sites for hydroxylation is 2. The molecule has 1 saturated heterocycles. The minimum absolute atomic E-state index is 0.0403. The van der Waals surface area contributed by atoms with Crippen LogP contribution >= 0.6 is 0 Å². The third kappa shape index (κ3) is 4.08. The molecule has 7 heteroatoms. The van der Waals surface area contributed by atoms with Gasteiger partial charge in [-0.3, -0.25) is 19.3 Å². The number of nitrogens with one attached hydrogen (secondary N) is 1. The molecule has 1 heterocycles. The van der Waals surface area contributed by atoms with Gasteiger partial charge in [0, 0.05) is 6.54 Å². The fourth-order valence-electron chi connectivity index (χ4n) is 3.75. The molecule has 2 aliphatic rings. The Labute approximate surface area is 165 Å². The third-order valence-electron chi connectivity index (χ3n) is 5.23. The van der Waals surface area contributed by atoms with Crippen molar-refractivity contribution in [2.24, 2.45) is 5.92 Å². The number of benzene rings is 1. The summed E-state index contributed by atoms with van der Waals surface area (Å²) in [5.74, 6) is -2.24. The fraction of sp³-hybridized carbons (Fsp3) is 0.524. The molecule has 0 unspecified atom stereocenters. The Bertz CT molecular complexity index is 818. The molecule has 1 aromatic carbocycles. The summed E-state index contributed by atoms with van der Waals surface area (Å²) in [6.45, 7) is 5.27. The van der Waals surface area contributed by atoms with Crippen molar-refractivity contribution in [3.63, 3.8) is 0 Å². The average Bonchev–Trinajstić information content (AvgIpc) is 2.85. The highest BCUT2D eigenvalue weighted by Crippen LogP contribution is 2.25. The first-order valence-electron chi connectivity index (χ1n) is 9.86. The van der Waals surface area contributed by atoms with Gasteiger partial charge in [0.25, 0.3) is 0 Å². The molecule has 7 nitrogen and oxygen atoms in total. The Hall–Kier alpha value is -2.70. The number of rotatable bonds is 6. The van der Waals surface area contributed by atoms with Crippen molar-refractivity contribution >= 4 is 23.8 Å². The lowest BCUT2D eigenvalue weighted by molar-refractivity contribution is -0.144. The SMILES string of the molecule is CC(C)CN1C(=O)C(=O)N(CC(=O)N[C@H](C)c2ccc3c(c2)CCCC3)C1=O. The second kappa shape index (κ2) is 8.12. The summed E-state index contributed by atoms with van der Waals surface area (Å²) in [6.07, 6.45) is 4.53. The summed E-state index contributed by atoms with van der Waals surface area (Å²) >= 11 is 0. The van der Waals surface area contributed by atoms with E-state index in [2.05, 4.69) is 17.4 Å². The predicted molar refractivity (Wildman–Crippen MR) is 103 cm³/mol. The summed E-state index contributed by atoms with van der Waals surface area (Å²) in [4.78, 5) is 50.5. The molecule has 0 aromatic heterocycles. The summed E-state index contributed by atoms with van der Waals surface area (Å²) < 4.78 is 0. The highest BCUT2D eigenvalue weighted by Gasteiger charge is 2.45. The van der Waals surface area contributed by atoms with Gasteiger partial charge in [-0.25, -0.2) is 9.69 Å². The van der Waals surface area contributed by atoms with E-state index in [1.807, 2.05) is 26.8 Å². The van der Waals surface area contributed by atoms with E-state index in [1.165, 1.54) is 24.0 Å². The van der Waals surface area contributed by atoms with Crippen molar-refractivity contribution in [3.8, 4) is 0 Å². The number of imide groups is 2. The molecule has 28 heavy (non-hydrogen) atoms. The maximum Gasteiger partial charge on any atom is 0.334 e. The van der Waals surface area contributed by atoms with Gasteiger partial charge >= 0.3 is 17.8 Å². The highest BCUT2D eigenvalue weighted by atomic mass is 16.2. The number of hydrogen-bond acceptors (Lipinski definition) is 4. The number of hydrogen-bond donors (Lipinski definition) is 1. The minimum Gasteiger partial charge on any atom is -0.348 e. The molecule has 3 rings (SSSR count). The molecule has 0 radical (unpaired) electrons. The van der Waals surface area contributed by atoms with E-state index < -0.39 is 30.3 Å². The molecule has 1 aromatic rings. The molecular formula is C21H27N3O4. The quantitative estimate of drug-likeness (QED) is 0.601. The van der Waals surface area contributed by atoms with Crippen LogP contribution in [0.1, 0.15) is 56.3 Å². The number of nitrogens with zero attached hydrogens (tertiary/aromatic N) is 2. The van der Waals surface area contributed by atoms with Crippen molar-refractivity contribution in [2.75, 3.05) is 13.1 Å². The summed E-state index contributed by atoms with van der Waals surface area (Å²) in [6, 6.07) is 5.27. The first-order valence-corrected chi connectivity index (χ1v) is 9.86. The van der Waals surface area contributed by atoms with Crippen LogP contribution in [0.4, 0.5) is 4.79 Å². The van der Waals surface area contributed by atoms with Crippen LogP contribution < -0.4 is 5.32 Å². The van der Waals surface area contributed by atoms with Crippen molar-refractivity contribution < 1.29 is 19.2 Å². The molecule has 1 aliphatic carbocycles. The minimum atomic E-state index is -0.942. The number of urea groups is 1. The van der Waals surface area contributed by atoms with Gasteiger partial charge in [-0.15, -0.1) is 0 Å². The van der Waals surface area contributed by atoms with Crippen molar-refractivity contribution in [3.05, 3.63) is 34.9 Å².